The molecule has 0 unspecified atom stereocenters. The fraction of sp³-hybridized carbons (Fsp3) is 0.333. The highest BCUT2D eigenvalue weighted by atomic mass is 32.2. The molecule has 0 saturated carbocycles. The smallest absolute Gasteiger partial charge is 0.261 e. The number of aliphatic hydroxyl groups is 1. The number of nitrogens with zero attached hydrogens (tertiary/aromatic N) is 4. The van der Waals surface area contributed by atoms with Crippen LogP contribution in [0.25, 0.3) is 0 Å². The molecule has 230 valence electrons. The molecule has 2 aliphatic rings. The monoisotopic (exact) mass is 615 g/mol. The molecule has 4 aromatic rings. The lowest BCUT2D eigenvalue weighted by molar-refractivity contribution is -0.276. The van der Waals surface area contributed by atoms with Crippen molar-refractivity contribution in [1.82, 2.24) is 14.9 Å². The summed E-state index contributed by atoms with van der Waals surface area (Å²) in [4.78, 5) is 13.6. The number of anilines is 2. The van der Waals surface area contributed by atoms with Crippen LogP contribution >= 0.6 is 0 Å². The van der Waals surface area contributed by atoms with Gasteiger partial charge in [-0.1, -0.05) is 61.5 Å². The van der Waals surface area contributed by atoms with Gasteiger partial charge in [0, 0.05) is 62.3 Å². The van der Waals surface area contributed by atoms with E-state index in [1.807, 2.05) is 42.5 Å². The summed E-state index contributed by atoms with van der Waals surface area (Å²) >= 11 is 0. The average molecular weight is 616 g/mol. The van der Waals surface area contributed by atoms with E-state index in [0.29, 0.717) is 5.69 Å². The normalized spacial score (nSPS) is 22.9. The van der Waals surface area contributed by atoms with Crippen molar-refractivity contribution in [2.24, 2.45) is 5.92 Å². The number of ether oxygens (including phenoxy) is 2. The fourth-order valence-corrected chi connectivity index (χ4v) is 6.77. The fourth-order valence-electron chi connectivity index (χ4n) is 5.69. The number of benzene rings is 3. The summed E-state index contributed by atoms with van der Waals surface area (Å²) < 4.78 is 41.5. The Hall–Kier alpha value is -3.87. The third-order valence-corrected chi connectivity index (χ3v) is 9.65. The van der Waals surface area contributed by atoms with E-state index in [-0.39, 0.29) is 29.6 Å². The van der Waals surface area contributed by atoms with E-state index in [2.05, 4.69) is 31.4 Å². The Kier molecular flexibility index (Phi) is 9.20. The van der Waals surface area contributed by atoms with Crippen LogP contribution in [0.5, 0.6) is 0 Å². The van der Waals surface area contributed by atoms with Crippen LogP contribution < -0.4 is 9.62 Å². The summed E-state index contributed by atoms with van der Waals surface area (Å²) in [5.74, 6) is 0.808. The molecule has 0 spiro atoms. The van der Waals surface area contributed by atoms with Gasteiger partial charge in [-0.25, -0.2) is 18.4 Å². The lowest BCUT2D eigenvalue weighted by Gasteiger charge is -2.44. The topological polar surface area (TPSA) is 117 Å². The zero-order valence-corrected chi connectivity index (χ0v) is 25.4. The van der Waals surface area contributed by atoms with Crippen molar-refractivity contribution in [3.8, 4) is 0 Å². The third kappa shape index (κ3) is 6.92. The standard InChI is InChI=1S/C33H37N5O5S/c1-24-30(22-37-18-20-38(21-19-37)33-34-16-5-17-35-33)42-32(43-31(24)26-10-8-25(23-39)9-11-26)27-12-14-28(15-13-27)36-44(40,41)29-6-3-2-4-7-29/h2-17,24,30-32,36,39H,18-23H2,1H3/t24-,30+,31+,32+/m0/s1. The Morgan fingerprint density at radius 1 is 0.841 bits per heavy atom. The molecule has 2 fully saturated rings. The van der Waals surface area contributed by atoms with Crippen molar-refractivity contribution < 1.29 is 23.0 Å². The van der Waals surface area contributed by atoms with Crippen molar-refractivity contribution in [2.75, 3.05) is 42.3 Å². The van der Waals surface area contributed by atoms with Gasteiger partial charge in [0.05, 0.1) is 23.7 Å². The molecule has 2 aliphatic heterocycles. The van der Waals surface area contributed by atoms with Crippen LogP contribution in [-0.4, -0.2) is 67.2 Å². The Morgan fingerprint density at radius 2 is 1.50 bits per heavy atom. The molecular formula is C33H37N5O5S. The van der Waals surface area contributed by atoms with Gasteiger partial charge in [-0.05, 0) is 41.5 Å². The molecule has 10 nitrogen and oxygen atoms in total. The first-order valence-corrected chi connectivity index (χ1v) is 16.3. The second kappa shape index (κ2) is 13.4. The van der Waals surface area contributed by atoms with E-state index < -0.39 is 16.3 Å². The van der Waals surface area contributed by atoms with E-state index in [1.165, 1.54) is 0 Å². The van der Waals surface area contributed by atoms with Gasteiger partial charge in [0.15, 0.2) is 6.29 Å². The Morgan fingerprint density at radius 3 is 2.16 bits per heavy atom. The van der Waals surface area contributed by atoms with Crippen molar-refractivity contribution in [3.05, 3.63) is 114 Å². The number of aliphatic hydroxyl groups excluding tert-OH is 1. The quantitative estimate of drug-likeness (QED) is 0.283. The lowest BCUT2D eigenvalue weighted by Crippen LogP contribution is -2.51. The van der Waals surface area contributed by atoms with Crippen LogP contribution in [0.2, 0.25) is 0 Å². The number of aromatic nitrogens is 2. The minimum absolute atomic E-state index is 0.0178. The predicted octanol–water partition coefficient (Wildman–Crippen LogP) is 4.38. The molecule has 0 aliphatic carbocycles. The molecule has 1 aromatic heterocycles. The molecular weight excluding hydrogens is 578 g/mol. The van der Waals surface area contributed by atoms with Crippen LogP contribution in [-0.2, 0) is 26.1 Å². The number of hydrogen-bond acceptors (Lipinski definition) is 9. The highest BCUT2D eigenvalue weighted by molar-refractivity contribution is 7.92. The molecule has 6 rings (SSSR count). The summed E-state index contributed by atoms with van der Waals surface area (Å²) in [6.07, 6.45) is 2.54. The largest absolute Gasteiger partial charge is 0.392 e. The SMILES string of the molecule is C[C@H]1[C@@H](CN2CCN(c3ncccn3)CC2)O[C@@H](c2ccc(NS(=O)(=O)c3ccccc3)cc2)O[C@H]1c1ccc(CO)cc1. The molecule has 3 heterocycles. The van der Waals surface area contributed by atoms with Crippen molar-refractivity contribution in [3.63, 3.8) is 0 Å². The minimum atomic E-state index is -3.70. The molecule has 0 bridgehead atoms. The Bertz CT molecular complexity index is 1600. The van der Waals surface area contributed by atoms with Crippen molar-refractivity contribution >= 4 is 21.7 Å². The van der Waals surface area contributed by atoms with E-state index >= 15 is 0 Å². The number of sulfonamides is 1. The van der Waals surface area contributed by atoms with Gasteiger partial charge < -0.3 is 19.5 Å². The summed E-state index contributed by atoms with van der Waals surface area (Å²) in [7, 11) is -3.70. The van der Waals surface area contributed by atoms with Crippen LogP contribution in [0.15, 0.2) is 102 Å². The van der Waals surface area contributed by atoms with Crippen molar-refractivity contribution in [1.29, 1.82) is 0 Å². The number of rotatable bonds is 9. The van der Waals surface area contributed by atoms with E-state index in [0.717, 1.165) is 55.4 Å². The first kappa shape index (κ1) is 30.2. The van der Waals surface area contributed by atoms with Gasteiger partial charge in [0.25, 0.3) is 10.0 Å². The Labute approximate surface area is 258 Å². The predicted molar refractivity (Wildman–Crippen MR) is 167 cm³/mol. The maximum absolute atomic E-state index is 12.8. The van der Waals surface area contributed by atoms with Gasteiger partial charge in [-0.3, -0.25) is 9.62 Å². The van der Waals surface area contributed by atoms with E-state index in [4.69, 9.17) is 9.47 Å². The van der Waals surface area contributed by atoms with E-state index in [1.54, 1.807) is 54.9 Å². The number of piperazine rings is 1. The summed E-state index contributed by atoms with van der Waals surface area (Å²) in [6, 6.07) is 25.1. The molecule has 0 radical (unpaired) electrons. The highest BCUT2D eigenvalue weighted by Gasteiger charge is 2.39. The van der Waals surface area contributed by atoms with Gasteiger partial charge in [-0.15, -0.1) is 0 Å². The first-order valence-electron chi connectivity index (χ1n) is 14.8. The molecule has 4 atom stereocenters. The molecule has 2 saturated heterocycles. The van der Waals surface area contributed by atoms with Crippen LogP contribution in [0.4, 0.5) is 11.6 Å². The highest BCUT2D eigenvalue weighted by Crippen LogP contribution is 2.42. The molecule has 44 heavy (non-hydrogen) atoms. The van der Waals surface area contributed by atoms with Gasteiger partial charge in [-0.2, -0.15) is 0 Å². The van der Waals surface area contributed by atoms with Crippen LogP contribution in [0.3, 0.4) is 0 Å². The molecule has 0 amide bonds. The second-order valence-electron chi connectivity index (χ2n) is 11.2. The third-order valence-electron chi connectivity index (χ3n) is 8.26. The summed E-state index contributed by atoms with van der Waals surface area (Å²) in [6.45, 7) is 6.27. The zero-order valence-electron chi connectivity index (χ0n) is 24.6. The number of hydrogen-bond donors (Lipinski definition) is 2. The van der Waals surface area contributed by atoms with Crippen molar-refractivity contribution in [2.45, 2.75) is 36.9 Å². The van der Waals surface area contributed by atoms with Gasteiger partial charge in [0.1, 0.15) is 0 Å². The molecule has 2 N–H and O–H groups in total. The van der Waals surface area contributed by atoms with Gasteiger partial charge >= 0.3 is 0 Å². The summed E-state index contributed by atoms with van der Waals surface area (Å²) in [5, 5.41) is 9.54. The first-order chi connectivity index (χ1) is 21.4. The lowest BCUT2D eigenvalue weighted by atomic mass is 9.90. The van der Waals surface area contributed by atoms with Gasteiger partial charge in [0.2, 0.25) is 5.95 Å². The molecule has 11 heteroatoms. The summed E-state index contributed by atoms with van der Waals surface area (Å²) in [5.41, 5.74) is 3.11. The maximum Gasteiger partial charge on any atom is 0.261 e. The Balaban J connectivity index is 1.18. The van der Waals surface area contributed by atoms with Crippen LogP contribution in [0.1, 0.15) is 36.0 Å². The second-order valence-corrected chi connectivity index (χ2v) is 12.9. The zero-order chi connectivity index (χ0) is 30.5. The number of nitrogens with one attached hydrogen (secondary N) is 1. The average Bonchev–Trinajstić information content (AvgIpc) is 3.07. The minimum Gasteiger partial charge on any atom is -0.392 e. The maximum atomic E-state index is 12.8. The van der Waals surface area contributed by atoms with E-state index in [9.17, 15) is 13.5 Å². The molecule has 3 aromatic carbocycles. The van der Waals surface area contributed by atoms with Crippen LogP contribution in [0, 0.1) is 5.92 Å².